The first-order valence-electron chi connectivity index (χ1n) is 7.22. The molecule has 0 saturated carbocycles. The largest absolute Gasteiger partial charge is 0.384 e. The van der Waals surface area contributed by atoms with Crippen LogP contribution < -0.4 is 10.6 Å². The number of hydrogen-bond acceptors (Lipinski definition) is 3. The maximum atomic E-state index is 12.3. The number of rotatable bonds is 5. The Labute approximate surface area is 135 Å². The average Bonchev–Trinajstić information content (AvgIpc) is 2.50. The van der Waals surface area contributed by atoms with Crippen LogP contribution in [0.25, 0.3) is 0 Å². The van der Waals surface area contributed by atoms with Gasteiger partial charge in [-0.1, -0.05) is 31.5 Å². The molecule has 0 radical (unpaired) electrons. The summed E-state index contributed by atoms with van der Waals surface area (Å²) < 4.78 is 0. The lowest BCUT2D eigenvalue weighted by molar-refractivity contribution is 0.102. The number of hydrogen-bond donors (Lipinski definition) is 2. The van der Waals surface area contributed by atoms with Crippen LogP contribution in [-0.4, -0.2) is 17.4 Å². The average molecular weight is 318 g/mol. The second-order valence-electron chi connectivity index (χ2n) is 5.60. The third kappa shape index (κ3) is 4.21. The summed E-state index contributed by atoms with van der Waals surface area (Å²) in [4.78, 5) is 16.5. The highest BCUT2D eigenvalue weighted by molar-refractivity contribution is 6.31. The molecule has 2 N–H and O–H groups in total. The number of nitrogens with zero attached hydrogens (tertiary/aromatic N) is 1. The molecule has 4 nitrogen and oxygen atoms in total. The molecule has 0 spiro atoms. The Kier molecular flexibility index (Phi) is 5.39. The normalized spacial score (nSPS) is 10.6. The second-order valence-corrected chi connectivity index (χ2v) is 6.01. The standard InChI is InChI=1S/C17H20ClN3O/c1-11(2)8-20-14-7-13(9-19-10-14)17(22)21-16-6-4-5-15(18)12(16)3/h4-7,9-11,20H,8H2,1-3H3,(H,21,22). The molecule has 1 aromatic carbocycles. The van der Waals surface area contributed by atoms with Crippen molar-refractivity contribution in [2.45, 2.75) is 20.8 Å². The van der Waals surface area contributed by atoms with E-state index in [1.165, 1.54) is 0 Å². The van der Waals surface area contributed by atoms with E-state index in [0.717, 1.165) is 17.8 Å². The minimum Gasteiger partial charge on any atom is -0.384 e. The second kappa shape index (κ2) is 7.27. The third-order valence-electron chi connectivity index (χ3n) is 3.23. The minimum atomic E-state index is -0.203. The van der Waals surface area contributed by atoms with Gasteiger partial charge in [-0.2, -0.15) is 0 Å². The van der Waals surface area contributed by atoms with E-state index in [1.807, 2.05) is 19.1 Å². The topological polar surface area (TPSA) is 54.0 Å². The van der Waals surface area contributed by atoms with Crippen LogP contribution in [0, 0.1) is 12.8 Å². The van der Waals surface area contributed by atoms with Crippen molar-refractivity contribution in [3.63, 3.8) is 0 Å². The molecule has 5 heteroatoms. The van der Waals surface area contributed by atoms with E-state index in [2.05, 4.69) is 29.5 Å². The van der Waals surface area contributed by atoms with E-state index >= 15 is 0 Å². The van der Waals surface area contributed by atoms with Gasteiger partial charge in [0.15, 0.2) is 0 Å². The lowest BCUT2D eigenvalue weighted by atomic mass is 10.1. The summed E-state index contributed by atoms with van der Waals surface area (Å²) in [5, 5.41) is 6.76. The molecule has 1 amide bonds. The molecule has 22 heavy (non-hydrogen) atoms. The first-order chi connectivity index (χ1) is 10.5. The van der Waals surface area contributed by atoms with Gasteiger partial charge in [0.1, 0.15) is 0 Å². The van der Waals surface area contributed by atoms with E-state index in [-0.39, 0.29) is 5.91 Å². The van der Waals surface area contributed by atoms with Gasteiger partial charge in [-0.3, -0.25) is 9.78 Å². The number of benzene rings is 1. The fourth-order valence-electron chi connectivity index (χ4n) is 1.92. The van der Waals surface area contributed by atoms with Crippen molar-refractivity contribution in [2.75, 3.05) is 17.2 Å². The molecule has 0 aliphatic rings. The van der Waals surface area contributed by atoms with Crippen molar-refractivity contribution in [1.82, 2.24) is 4.98 Å². The van der Waals surface area contributed by atoms with Crippen molar-refractivity contribution >= 4 is 28.9 Å². The maximum Gasteiger partial charge on any atom is 0.257 e. The summed E-state index contributed by atoms with van der Waals surface area (Å²) >= 11 is 6.07. The van der Waals surface area contributed by atoms with E-state index < -0.39 is 0 Å². The Bertz CT molecular complexity index is 671. The Morgan fingerprint density at radius 1 is 1.32 bits per heavy atom. The molecular weight excluding hydrogens is 298 g/mol. The number of anilines is 2. The zero-order valence-corrected chi connectivity index (χ0v) is 13.7. The Morgan fingerprint density at radius 3 is 2.82 bits per heavy atom. The smallest absolute Gasteiger partial charge is 0.257 e. The number of aromatic nitrogens is 1. The maximum absolute atomic E-state index is 12.3. The van der Waals surface area contributed by atoms with Crippen molar-refractivity contribution in [2.24, 2.45) is 5.92 Å². The predicted octanol–water partition coefficient (Wildman–Crippen LogP) is 4.36. The number of amides is 1. The van der Waals surface area contributed by atoms with Gasteiger partial charge < -0.3 is 10.6 Å². The summed E-state index contributed by atoms with van der Waals surface area (Å²) in [6, 6.07) is 7.23. The van der Waals surface area contributed by atoms with Gasteiger partial charge >= 0.3 is 0 Å². The van der Waals surface area contributed by atoms with Crippen LogP contribution in [0.5, 0.6) is 0 Å². The molecule has 0 aliphatic carbocycles. The van der Waals surface area contributed by atoms with Gasteiger partial charge in [0.05, 0.1) is 11.3 Å². The number of carbonyl (C=O) groups is 1. The quantitative estimate of drug-likeness (QED) is 0.861. The van der Waals surface area contributed by atoms with Gasteiger partial charge in [-0.25, -0.2) is 0 Å². The highest BCUT2D eigenvalue weighted by atomic mass is 35.5. The number of carbonyl (C=O) groups excluding carboxylic acids is 1. The Balaban J connectivity index is 2.12. The van der Waals surface area contributed by atoms with E-state index in [4.69, 9.17) is 11.6 Å². The van der Waals surface area contributed by atoms with Crippen LogP contribution in [0.2, 0.25) is 5.02 Å². The predicted molar refractivity (Wildman–Crippen MR) is 91.7 cm³/mol. The molecular formula is C17H20ClN3O. The van der Waals surface area contributed by atoms with Gasteiger partial charge in [-0.15, -0.1) is 0 Å². The minimum absolute atomic E-state index is 0.203. The van der Waals surface area contributed by atoms with Crippen molar-refractivity contribution < 1.29 is 4.79 Å². The summed E-state index contributed by atoms with van der Waals surface area (Å²) in [5.74, 6) is 0.317. The highest BCUT2D eigenvalue weighted by Gasteiger charge is 2.10. The van der Waals surface area contributed by atoms with Crippen LogP contribution in [-0.2, 0) is 0 Å². The molecule has 0 atom stereocenters. The zero-order chi connectivity index (χ0) is 16.1. The molecule has 1 heterocycles. The van der Waals surface area contributed by atoms with Crippen LogP contribution in [0.3, 0.4) is 0 Å². The lowest BCUT2D eigenvalue weighted by Crippen LogP contribution is -2.14. The van der Waals surface area contributed by atoms with Gasteiger partial charge in [0.2, 0.25) is 0 Å². The fourth-order valence-corrected chi connectivity index (χ4v) is 2.09. The fraction of sp³-hybridized carbons (Fsp3) is 0.294. The van der Waals surface area contributed by atoms with Gasteiger partial charge in [0, 0.05) is 29.6 Å². The number of nitrogens with one attached hydrogen (secondary N) is 2. The molecule has 0 fully saturated rings. The Morgan fingerprint density at radius 2 is 2.09 bits per heavy atom. The molecule has 2 aromatic rings. The van der Waals surface area contributed by atoms with Crippen molar-refractivity contribution in [3.05, 3.63) is 52.8 Å². The van der Waals surface area contributed by atoms with Gasteiger partial charge in [0.25, 0.3) is 5.91 Å². The third-order valence-corrected chi connectivity index (χ3v) is 3.64. The summed E-state index contributed by atoms with van der Waals surface area (Å²) in [5.41, 5.74) is 2.90. The number of halogens is 1. The molecule has 0 bridgehead atoms. The van der Waals surface area contributed by atoms with Gasteiger partial charge in [-0.05, 0) is 36.6 Å². The lowest BCUT2D eigenvalue weighted by Gasteiger charge is -2.11. The SMILES string of the molecule is Cc1c(Cl)cccc1NC(=O)c1cncc(NCC(C)C)c1. The highest BCUT2D eigenvalue weighted by Crippen LogP contribution is 2.23. The first-order valence-corrected chi connectivity index (χ1v) is 7.60. The van der Waals surface area contributed by atoms with E-state index in [1.54, 1.807) is 24.5 Å². The molecule has 0 aliphatic heterocycles. The van der Waals surface area contributed by atoms with Crippen molar-refractivity contribution in [1.29, 1.82) is 0 Å². The van der Waals surface area contributed by atoms with E-state index in [9.17, 15) is 4.79 Å². The Hall–Kier alpha value is -2.07. The van der Waals surface area contributed by atoms with E-state index in [0.29, 0.717) is 22.2 Å². The molecule has 2 rings (SSSR count). The van der Waals surface area contributed by atoms with Crippen LogP contribution in [0.4, 0.5) is 11.4 Å². The van der Waals surface area contributed by atoms with Crippen LogP contribution >= 0.6 is 11.6 Å². The van der Waals surface area contributed by atoms with Crippen LogP contribution in [0.15, 0.2) is 36.7 Å². The van der Waals surface area contributed by atoms with Crippen LogP contribution in [0.1, 0.15) is 29.8 Å². The summed E-state index contributed by atoms with van der Waals surface area (Å²) in [6.45, 7) is 6.95. The van der Waals surface area contributed by atoms with Crippen molar-refractivity contribution in [3.8, 4) is 0 Å². The number of pyridine rings is 1. The zero-order valence-electron chi connectivity index (χ0n) is 13.0. The monoisotopic (exact) mass is 317 g/mol. The first kappa shape index (κ1) is 16.3. The molecule has 1 aromatic heterocycles. The summed E-state index contributed by atoms with van der Waals surface area (Å²) in [6.07, 6.45) is 3.26. The molecule has 0 unspecified atom stereocenters. The summed E-state index contributed by atoms with van der Waals surface area (Å²) in [7, 11) is 0. The molecule has 0 saturated heterocycles. The molecule has 116 valence electrons.